The SMILES string of the molecule is N#Cc1ccc(-c2cccc3c(Cl)c(N4CCC(=O)CC4)cnc23)cc1. The summed E-state index contributed by atoms with van der Waals surface area (Å²) >= 11 is 6.71. The molecule has 0 atom stereocenters. The van der Waals surface area contributed by atoms with Crippen LogP contribution in [0.15, 0.2) is 48.7 Å². The molecule has 0 saturated carbocycles. The second kappa shape index (κ2) is 6.78. The molecule has 0 amide bonds. The van der Waals surface area contributed by atoms with Gasteiger partial charge >= 0.3 is 0 Å². The summed E-state index contributed by atoms with van der Waals surface area (Å²) in [4.78, 5) is 18.3. The maximum absolute atomic E-state index is 11.5. The van der Waals surface area contributed by atoms with Gasteiger partial charge < -0.3 is 4.90 Å². The minimum absolute atomic E-state index is 0.300. The third-order valence-corrected chi connectivity index (χ3v) is 5.20. The Balaban J connectivity index is 1.79. The first-order valence-electron chi connectivity index (χ1n) is 8.52. The van der Waals surface area contributed by atoms with Gasteiger partial charge in [-0.2, -0.15) is 5.26 Å². The number of hydrogen-bond acceptors (Lipinski definition) is 4. The number of hydrogen-bond donors (Lipinski definition) is 0. The highest BCUT2D eigenvalue weighted by molar-refractivity contribution is 6.38. The first-order chi connectivity index (χ1) is 12.7. The van der Waals surface area contributed by atoms with E-state index in [1.165, 1.54) is 0 Å². The molecule has 26 heavy (non-hydrogen) atoms. The average molecular weight is 362 g/mol. The van der Waals surface area contributed by atoms with Crippen molar-refractivity contribution in [3.8, 4) is 17.2 Å². The van der Waals surface area contributed by atoms with Crippen LogP contribution < -0.4 is 4.90 Å². The number of para-hydroxylation sites is 1. The largest absolute Gasteiger partial charge is 0.368 e. The molecule has 0 unspecified atom stereocenters. The Morgan fingerprint density at radius 2 is 1.81 bits per heavy atom. The van der Waals surface area contributed by atoms with Crippen molar-refractivity contribution in [1.82, 2.24) is 4.98 Å². The number of pyridine rings is 1. The summed E-state index contributed by atoms with van der Waals surface area (Å²) in [7, 11) is 0. The number of carbonyl (C=O) groups is 1. The number of piperidine rings is 1. The lowest BCUT2D eigenvalue weighted by molar-refractivity contribution is -0.119. The molecule has 0 bridgehead atoms. The summed E-state index contributed by atoms with van der Waals surface area (Å²) in [5.41, 5.74) is 4.31. The van der Waals surface area contributed by atoms with Crippen LogP contribution in [-0.2, 0) is 4.79 Å². The number of rotatable bonds is 2. The Morgan fingerprint density at radius 1 is 1.08 bits per heavy atom. The molecule has 4 nitrogen and oxygen atoms in total. The van der Waals surface area contributed by atoms with Crippen LogP contribution in [0, 0.1) is 11.3 Å². The van der Waals surface area contributed by atoms with Crippen molar-refractivity contribution in [2.24, 2.45) is 0 Å². The van der Waals surface area contributed by atoms with Gasteiger partial charge in [-0.1, -0.05) is 41.9 Å². The molecule has 4 rings (SSSR count). The molecule has 1 aliphatic rings. The van der Waals surface area contributed by atoms with E-state index in [0.29, 0.717) is 42.3 Å². The molecule has 1 aliphatic heterocycles. The third-order valence-electron chi connectivity index (χ3n) is 4.80. The van der Waals surface area contributed by atoms with Gasteiger partial charge in [-0.25, -0.2) is 0 Å². The second-order valence-electron chi connectivity index (χ2n) is 6.37. The molecule has 1 fully saturated rings. The molecule has 2 heterocycles. The number of aromatic nitrogens is 1. The average Bonchev–Trinajstić information content (AvgIpc) is 2.69. The van der Waals surface area contributed by atoms with E-state index in [2.05, 4.69) is 16.0 Å². The van der Waals surface area contributed by atoms with Gasteiger partial charge in [0.1, 0.15) is 5.78 Å². The summed E-state index contributed by atoms with van der Waals surface area (Å²) < 4.78 is 0. The first kappa shape index (κ1) is 16.6. The predicted octanol–water partition coefficient (Wildman–Crippen LogP) is 4.60. The maximum Gasteiger partial charge on any atom is 0.136 e. The van der Waals surface area contributed by atoms with Gasteiger partial charge in [0.15, 0.2) is 0 Å². The topological polar surface area (TPSA) is 57.0 Å². The van der Waals surface area contributed by atoms with E-state index in [0.717, 1.165) is 27.7 Å². The zero-order valence-electron chi connectivity index (χ0n) is 14.1. The molecular formula is C21H16ClN3O. The van der Waals surface area contributed by atoms with Gasteiger partial charge in [0.2, 0.25) is 0 Å². The molecule has 0 spiro atoms. The lowest BCUT2D eigenvalue weighted by Gasteiger charge is -2.29. The lowest BCUT2D eigenvalue weighted by Crippen LogP contribution is -2.34. The zero-order chi connectivity index (χ0) is 18.1. The second-order valence-corrected chi connectivity index (χ2v) is 6.75. The van der Waals surface area contributed by atoms with E-state index in [1.54, 1.807) is 18.3 Å². The number of benzene rings is 2. The quantitative estimate of drug-likeness (QED) is 0.669. The Kier molecular flexibility index (Phi) is 4.32. The molecule has 128 valence electrons. The van der Waals surface area contributed by atoms with E-state index >= 15 is 0 Å². The Morgan fingerprint density at radius 3 is 2.50 bits per heavy atom. The number of fused-ring (bicyclic) bond motifs is 1. The van der Waals surface area contributed by atoms with Crippen LogP contribution >= 0.6 is 11.6 Å². The summed E-state index contributed by atoms with van der Waals surface area (Å²) in [6.07, 6.45) is 2.91. The molecular weight excluding hydrogens is 346 g/mol. The first-order valence-corrected chi connectivity index (χ1v) is 8.89. The van der Waals surface area contributed by atoms with E-state index in [1.807, 2.05) is 30.3 Å². The minimum Gasteiger partial charge on any atom is -0.368 e. The molecule has 3 aromatic rings. The number of Topliss-reactive ketones (excluding diaryl/α,β-unsaturated/α-hetero) is 1. The summed E-state index contributed by atoms with van der Waals surface area (Å²) in [5, 5.41) is 10.5. The van der Waals surface area contributed by atoms with E-state index in [4.69, 9.17) is 16.9 Å². The van der Waals surface area contributed by atoms with Crippen molar-refractivity contribution in [2.75, 3.05) is 18.0 Å². The lowest BCUT2D eigenvalue weighted by atomic mass is 10.0. The van der Waals surface area contributed by atoms with Crippen LogP contribution in [0.1, 0.15) is 18.4 Å². The molecule has 0 N–H and O–H groups in total. The van der Waals surface area contributed by atoms with Crippen LogP contribution in [0.25, 0.3) is 22.0 Å². The number of halogens is 1. The van der Waals surface area contributed by atoms with Crippen molar-refractivity contribution in [3.05, 3.63) is 59.2 Å². The summed E-state index contributed by atoms with van der Waals surface area (Å²) in [6, 6.07) is 15.5. The highest BCUT2D eigenvalue weighted by Crippen LogP contribution is 2.37. The Hall–Kier alpha value is -2.90. The maximum atomic E-state index is 11.5. The minimum atomic E-state index is 0.300. The monoisotopic (exact) mass is 361 g/mol. The van der Waals surface area contributed by atoms with Crippen LogP contribution in [0.5, 0.6) is 0 Å². The fourth-order valence-electron chi connectivity index (χ4n) is 3.35. The fraction of sp³-hybridized carbons (Fsp3) is 0.190. The molecule has 2 aromatic carbocycles. The summed E-state index contributed by atoms with van der Waals surface area (Å²) in [5.74, 6) is 0.300. The van der Waals surface area contributed by atoms with Gasteiger partial charge in [-0.3, -0.25) is 9.78 Å². The summed E-state index contributed by atoms with van der Waals surface area (Å²) in [6.45, 7) is 1.36. The van der Waals surface area contributed by atoms with Crippen molar-refractivity contribution >= 4 is 34.0 Å². The van der Waals surface area contributed by atoms with Gasteiger partial charge in [0.25, 0.3) is 0 Å². The van der Waals surface area contributed by atoms with Crippen LogP contribution in [0.3, 0.4) is 0 Å². The van der Waals surface area contributed by atoms with E-state index < -0.39 is 0 Å². The normalized spacial score (nSPS) is 14.5. The zero-order valence-corrected chi connectivity index (χ0v) is 14.8. The Bertz CT molecular complexity index is 1030. The van der Waals surface area contributed by atoms with Crippen molar-refractivity contribution in [2.45, 2.75) is 12.8 Å². The smallest absolute Gasteiger partial charge is 0.136 e. The Labute approximate surface area is 156 Å². The molecule has 0 radical (unpaired) electrons. The van der Waals surface area contributed by atoms with Crippen LogP contribution in [-0.4, -0.2) is 23.9 Å². The van der Waals surface area contributed by atoms with Crippen LogP contribution in [0.4, 0.5) is 5.69 Å². The van der Waals surface area contributed by atoms with Crippen molar-refractivity contribution in [1.29, 1.82) is 5.26 Å². The molecule has 1 saturated heterocycles. The standard InChI is InChI=1S/C21H16ClN3O/c22-20-18-3-1-2-17(15-6-4-14(12-23)5-7-15)21(18)24-13-19(20)25-10-8-16(26)9-11-25/h1-7,13H,8-11H2. The number of ketones is 1. The van der Waals surface area contributed by atoms with E-state index in [9.17, 15) is 4.79 Å². The fourth-order valence-corrected chi connectivity index (χ4v) is 3.68. The molecule has 1 aromatic heterocycles. The van der Waals surface area contributed by atoms with Crippen molar-refractivity contribution < 1.29 is 4.79 Å². The predicted molar refractivity (Wildman–Crippen MR) is 103 cm³/mol. The van der Waals surface area contributed by atoms with Gasteiger partial charge in [0.05, 0.1) is 34.1 Å². The number of nitrogens with zero attached hydrogens (tertiary/aromatic N) is 3. The third kappa shape index (κ3) is 2.91. The van der Waals surface area contributed by atoms with Crippen LogP contribution in [0.2, 0.25) is 5.02 Å². The van der Waals surface area contributed by atoms with Crippen molar-refractivity contribution in [3.63, 3.8) is 0 Å². The van der Waals surface area contributed by atoms with Gasteiger partial charge in [-0.05, 0) is 17.7 Å². The van der Waals surface area contributed by atoms with E-state index in [-0.39, 0.29) is 0 Å². The molecule has 0 aliphatic carbocycles. The molecule has 5 heteroatoms. The van der Waals surface area contributed by atoms with Gasteiger partial charge in [-0.15, -0.1) is 0 Å². The number of carbonyl (C=O) groups excluding carboxylic acids is 1. The number of anilines is 1. The highest BCUT2D eigenvalue weighted by Gasteiger charge is 2.20. The van der Waals surface area contributed by atoms with Gasteiger partial charge in [0, 0.05) is 36.9 Å². The highest BCUT2D eigenvalue weighted by atomic mass is 35.5. The number of nitriles is 1.